The second-order valence-electron chi connectivity index (χ2n) is 1.96. The van der Waals surface area contributed by atoms with Crippen LogP contribution in [0.15, 0.2) is 6.20 Å². The molecule has 5 heteroatoms. The number of hydrogen-bond donors (Lipinski definition) is 0. The van der Waals surface area contributed by atoms with E-state index >= 15 is 0 Å². The lowest BCUT2D eigenvalue weighted by molar-refractivity contribution is 0.0590. The summed E-state index contributed by atoms with van der Waals surface area (Å²) in [5, 5.41) is 0.269. The summed E-state index contributed by atoms with van der Waals surface area (Å²) in [6, 6.07) is 0. The average molecular weight is 175 g/mol. The molecular formula is C6H7ClN2O2. The van der Waals surface area contributed by atoms with Gasteiger partial charge in [-0.05, 0) is 11.6 Å². The van der Waals surface area contributed by atoms with E-state index in [1.54, 1.807) is 7.05 Å². The molecule has 0 radical (unpaired) electrons. The van der Waals surface area contributed by atoms with Gasteiger partial charge < -0.3 is 9.30 Å². The molecule has 0 amide bonds. The molecule has 4 nitrogen and oxygen atoms in total. The van der Waals surface area contributed by atoms with Gasteiger partial charge in [-0.2, -0.15) is 0 Å². The van der Waals surface area contributed by atoms with Crippen LogP contribution in [0, 0.1) is 0 Å². The molecule has 0 atom stereocenters. The summed E-state index contributed by atoms with van der Waals surface area (Å²) in [4.78, 5) is 14.6. The highest BCUT2D eigenvalue weighted by molar-refractivity contribution is 6.28. The average Bonchev–Trinajstić information content (AvgIpc) is 2.32. The van der Waals surface area contributed by atoms with Gasteiger partial charge in [-0.3, -0.25) is 0 Å². The van der Waals surface area contributed by atoms with E-state index in [9.17, 15) is 4.79 Å². The van der Waals surface area contributed by atoms with Crippen molar-refractivity contribution in [2.45, 2.75) is 0 Å². The molecule has 1 rings (SSSR count). The van der Waals surface area contributed by atoms with Crippen LogP contribution in [0.3, 0.4) is 0 Å². The molecule has 0 aliphatic rings. The number of halogens is 1. The van der Waals surface area contributed by atoms with Crippen LogP contribution in [0.5, 0.6) is 0 Å². The minimum Gasteiger partial charge on any atom is -0.464 e. The molecule has 0 aliphatic heterocycles. The van der Waals surface area contributed by atoms with Gasteiger partial charge >= 0.3 is 5.97 Å². The SMILES string of the molecule is COC(=O)c1cnc(Cl)n1C. The van der Waals surface area contributed by atoms with E-state index in [-0.39, 0.29) is 5.28 Å². The zero-order valence-corrected chi connectivity index (χ0v) is 6.92. The zero-order valence-electron chi connectivity index (χ0n) is 6.17. The Hall–Kier alpha value is -1.03. The number of esters is 1. The van der Waals surface area contributed by atoms with Crippen LogP contribution in [0.25, 0.3) is 0 Å². The van der Waals surface area contributed by atoms with Crippen molar-refractivity contribution < 1.29 is 9.53 Å². The Bertz CT molecular complexity index is 282. The smallest absolute Gasteiger partial charge is 0.356 e. The molecule has 0 fully saturated rings. The molecule has 1 heterocycles. The normalized spacial score (nSPS) is 9.73. The van der Waals surface area contributed by atoms with Gasteiger partial charge in [0.1, 0.15) is 5.69 Å². The molecule has 11 heavy (non-hydrogen) atoms. The van der Waals surface area contributed by atoms with E-state index in [4.69, 9.17) is 11.6 Å². The number of imidazole rings is 1. The number of aromatic nitrogens is 2. The Labute approximate surface area is 68.7 Å². The first-order valence-electron chi connectivity index (χ1n) is 2.92. The van der Waals surface area contributed by atoms with Gasteiger partial charge in [-0.1, -0.05) is 0 Å². The third-order valence-corrected chi connectivity index (χ3v) is 1.68. The largest absolute Gasteiger partial charge is 0.464 e. The van der Waals surface area contributed by atoms with Crippen molar-refractivity contribution in [3.63, 3.8) is 0 Å². The molecule has 0 unspecified atom stereocenters. The monoisotopic (exact) mass is 174 g/mol. The highest BCUT2D eigenvalue weighted by Gasteiger charge is 2.11. The summed E-state index contributed by atoms with van der Waals surface area (Å²) in [5.74, 6) is -0.438. The fraction of sp³-hybridized carbons (Fsp3) is 0.333. The Kier molecular flexibility index (Phi) is 2.14. The van der Waals surface area contributed by atoms with Crippen molar-refractivity contribution in [3.8, 4) is 0 Å². The van der Waals surface area contributed by atoms with E-state index in [1.807, 2.05) is 0 Å². The second kappa shape index (κ2) is 2.92. The third kappa shape index (κ3) is 1.35. The Balaban J connectivity index is 3.04. The number of carbonyl (C=O) groups excluding carboxylic acids is 1. The molecule has 1 aromatic heterocycles. The summed E-state index contributed by atoms with van der Waals surface area (Å²) in [5.41, 5.74) is 0.345. The van der Waals surface area contributed by atoms with Crippen LogP contribution >= 0.6 is 11.6 Å². The molecular weight excluding hydrogens is 168 g/mol. The van der Waals surface area contributed by atoms with Crippen molar-refractivity contribution in [1.82, 2.24) is 9.55 Å². The lowest BCUT2D eigenvalue weighted by atomic mass is 10.5. The van der Waals surface area contributed by atoms with Crippen LogP contribution in [0.1, 0.15) is 10.5 Å². The number of carbonyl (C=O) groups is 1. The molecule has 0 saturated heterocycles. The molecule has 0 N–H and O–H groups in total. The van der Waals surface area contributed by atoms with E-state index < -0.39 is 5.97 Å². The quantitative estimate of drug-likeness (QED) is 0.594. The van der Waals surface area contributed by atoms with Crippen molar-refractivity contribution in [2.24, 2.45) is 7.05 Å². The molecule has 60 valence electrons. The fourth-order valence-corrected chi connectivity index (χ4v) is 0.821. The van der Waals surface area contributed by atoms with Crippen LogP contribution in [-0.2, 0) is 11.8 Å². The van der Waals surface area contributed by atoms with Gasteiger partial charge in [-0.25, -0.2) is 9.78 Å². The summed E-state index contributed by atoms with van der Waals surface area (Å²) in [6.45, 7) is 0. The van der Waals surface area contributed by atoms with Crippen molar-refractivity contribution in [3.05, 3.63) is 17.2 Å². The molecule has 0 saturated carbocycles. The maximum Gasteiger partial charge on any atom is 0.356 e. The van der Waals surface area contributed by atoms with Gasteiger partial charge in [0.2, 0.25) is 5.28 Å². The second-order valence-corrected chi connectivity index (χ2v) is 2.30. The van der Waals surface area contributed by atoms with Gasteiger partial charge in [0.05, 0.1) is 13.3 Å². The van der Waals surface area contributed by atoms with Crippen LogP contribution in [0.4, 0.5) is 0 Å². The third-order valence-electron chi connectivity index (χ3n) is 1.33. The summed E-state index contributed by atoms with van der Waals surface area (Å²) < 4.78 is 5.92. The first-order valence-corrected chi connectivity index (χ1v) is 3.30. The summed E-state index contributed by atoms with van der Waals surface area (Å²) >= 11 is 5.57. The van der Waals surface area contributed by atoms with Crippen LogP contribution < -0.4 is 0 Å². The first kappa shape index (κ1) is 8.07. The summed E-state index contributed by atoms with van der Waals surface area (Å²) in [6.07, 6.45) is 1.37. The van der Waals surface area contributed by atoms with Crippen molar-refractivity contribution in [1.29, 1.82) is 0 Å². The zero-order chi connectivity index (χ0) is 8.43. The predicted octanol–water partition coefficient (Wildman–Crippen LogP) is 0.860. The lowest BCUT2D eigenvalue weighted by Gasteiger charge is -1.98. The van der Waals surface area contributed by atoms with E-state index in [0.717, 1.165) is 0 Å². The standard InChI is InChI=1S/C6H7ClN2O2/c1-9-4(5(10)11-2)3-8-6(9)7/h3H,1-2H3. The lowest BCUT2D eigenvalue weighted by Crippen LogP contribution is -2.07. The molecule has 0 aromatic carbocycles. The topological polar surface area (TPSA) is 44.1 Å². The number of rotatable bonds is 1. The van der Waals surface area contributed by atoms with Crippen molar-refractivity contribution >= 4 is 17.6 Å². The van der Waals surface area contributed by atoms with Crippen LogP contribution in [0.2, 0.25) is 5.28 Å². The van der Waals surface area contributed by atoms with E-state index in [0.29, 0.717) is 5.69 Å². The number of hydrogen-bond acceptors (Lipinski definition) is 3. The molecule has 0 spiro atoms. The highest BCUT2D eigenvalue weighted by Crippen LogP contribution is 2.08. The minimum atomic E-state index is -0.438. The molecule has 0 aliphatic carbocycles. The maximum atomic E-state index is 10.9. The first-order chi connectivity index (χ1) is 5.16. The number of nitrogens with zero attached hydrogens (tertiary/aromatic N) is 2. The number of ether oxygens (including phenoxy) is 1. The van der Waals surface area contributed by atoms with Gasteiger partial charge in [0.25, 0.3) is 0 Å². The van der Waals surface area contributed by atoms with Crippen molar-refractivity contribution in [2.75, 3.05) is 7.11 Å². The van der Waals surface area contributed by atoms with E-state index in [2.05, 4.69) is 9.72 Å². The van der Waals surface area contributed by atoms with E-state index in [1.165, 1.54) is 17.9 Å². The minimum absolute atomic E-state index is 0.269. The van der Waals surface area contributed by atoms with Gasteiger partial charge in [0, 0.05) is 7.05 Å². The Morgan fingerprint density at radius 3 is 2.82 bits per heavy atom. The highest BCUT2D eigenvalue weighted by atomic mass is 35.5. The van der Waals surface area contributed by atoms with Gasteiger partial charge in [-0.15, -0.1) is 0 Å². The Morgan fingerprint density at radius 1 is 1.82 bits per heavy atom. The summed E-state index contributed by atoms with van der Waals surface area (Å²) in [7, 11) is 2.95. The Morgan fingerprint density at radius 2 is 2.45 bits per heavy atom. The predicted molar refractivity (Wildman–Crippen MR) is 39.6 cm³/mol. The maximum absolute atomic E-state index is 10.9. The number of methoxy groups -OCH3 is 1. The molecule has 1 aromatic rings. The van der Waals surface area contributed by atoms with Gasteiger partial charge in [0.15, 0.2) is 0 Å². The van der Waals surface area contributed by atoms with Crippen LogP contribution in [-0.4, -0.2) is 22.6 Å². The molecule has 0 bridgehead atoms. The fourth-order valence-electron chi connectivity index (χ4n) is 0.681.